The minimum atomic E-state index is -1.87. The second-order valence-electron chi connectivity index (χ2n) is 5.01. The van der Waals surface area contributed by atoms with Gasteiger partial charge in [0, 0.05) is 26.3 Å². The predicted octanol–water partition coefficient (Wildman–Crippen LogP) is 2.06. The lowest BCUT2D eigenvalue weighted by Crippen LogP contribution is -2.38. The van der Waals surface area contributed by atoms with Crippen LogP contribution in [0.5, 0.6) is 0 Å². The molecule has 0 unspecified atom stereocenters. The molecule has 5 heteroatoms. The maximum atomic E-state index is 5.82. The molecule has 1 N–H and O–H groups in total. The highest BCUT2D eigenvalue weighted by molar-refractivity contribution is 6.66. The largest absolute Gasteiger partial charge is 0.395 e. The van der Waals surface area contributed by atoms with Crippen LogP contribution >= 0.6 is 0 Å². The number of hydrogen-bond acceptors (Lipinski definition) is 4. The van der Waals surface area contributed by atoms with Crippen molar-refractivity contribution in [2.45, 2.75) is 39.3 Å². The fourth-order valence-electron chi connectivity index (χ4n) is 1.92. The lowest BCUT2D eigenvalue weighted by molar-refractivity contribution is 0.188. The average molecular weight is 276 g/mol. The fraction of sp³-hybridized carbons (Fsp3) is 1.00. The number of rotatable bonds is 12. The van der Waals surface area contributed by atoms with E-state index in [1.807, 2.05) is 13.8 Å². The van der Waals surface area contributed by atoms with Crippen LogP contribution in [0, 0.1) is 0 Å². The monoisotopic (exact) mass is 276 g/mol. The molecule has 0 atom stereocenters. The molecule has 0 aromatic rings. The van der Waals surface area contributed by atoms with Gasteiger partial charge < -0.3 is 19.1 Å². The van der Waals surface area contributed by atoms with E-state index in [1.54, 1.807) is 0 Å². The van der Waals surface area contributed by atoms with E-state index in [2.05, 4.69) is 30.9 Å². The molecule has 0 aliphatic heterocycles. The van der Waals surface area contributed by atoms with Crippen LogP contribution in [0.4, 0.5) is 0 Å². The number of hydrogen-bond donors (Lipinski definition) is 1. The first-order chi connectivity index (χ1) is 8.54. The number of nitrogens with one attached hydrogen (secondary N) is 1. The topological polar surface area (TPSA) is 33.7 Å². The van der Waals surface area contributed by atoms with Crippen molar-refractivity contribution in [3.63, 3.8) is 0 Å². The summed E-state index contributed by atoms with van der Waals surface area (Å²) in [5, 5.41) is 3.46. The van der Waals surface area contributed by atoms with Crippen LogP contribution in [0.15, 0.2) is 0 Å². The smallest absolute Gasteiger partial charge is 0.334 e. The Morgan fingerprint density at radius 1 is 1.00 bits per heavy atom. The summed E-state index contributed by atoms with van der Waals surface area (Å²) in [6.07, 6.45) is 2.40. The van der Waals surface area contributed by atoms with E-state index >= 15 is 0 Å². The van der Waals surface area contributed by atoms with Gasteiger partial charge in [-0.3, -0.25) is 0 Å². The van der Waals surface area contributed by atoms with Gasteiger partial charge in [-0.05, 0) is 53.5 Å². The van der Waals surface area contributed by atoms with Crippen molar-refractivity contribution in [1.29, 1.82) is 0 Å². The number of likely N-dealkylation sites (N-methyl/N-ethyl adjacent to an activating group) is 1. The summed E-state index contributed by atoms with van der Waals surface area (Å²) in [6.45, 7) is 11.1. The molecule has 4 nitrogen and oxygen atoms in total. The molecular formula is C13H32N2O2Si. The van der Waals surface area contributed by atoms with E-state index in [1.165, 1.54) is 12.8 Å². The van der Waals surface area contributed by atoms with Crippen LogP contribution in [0.3, 0.4) is 0 Å². The van der Waals surface area contributed by atoms with Gasteiger partial charge in [0.05, 0.1) is 0 Å². The van der Waals surface area contributed by atoms with Gasteiger partial charge in [0.15, 0.2) is 0 Å². The van der Waals surface area contributed by atoms with Gasteiger partial charge in [0.2, 0.25) is 0 Å². The Morgan fingerprint density at radius 2 is 1.61 bits per heavy atom. The molecule has 110 valence electrons. The Labute approximate surface area is 114 Å². The Morgan fingerprint density at radius 3 is 2.11 bits per heavy atom. The van der Waals surface area contributed by atoms with Crippen molar-refractivity contribution >= 4 is 8.56 Å². The Bertz CT molecular complexity index is 186. The van der Waals surface area contributed by atoms with E-state index in [0.717, 1.165) is 38.9 Å². The lowest BCUT2D eigenvalue weighted by atomic mass is 10.3. The molecule has 0 fully saturated rings. The molecule has 0 aliphatic rings. The average Bonchev–Trinajstić information content (AvgIpc) is 2.28. The molecule has 0 aromatic heterocycles. The first-order valence-corrected chi connectivity index (χ1v) is 9.69. The molecule has 0 radical (unpaired) electrons. The van der Waals surface area contributed by atoms with Crippen LogP contribution in [0.1, 0.15) is 26.7 Å². The fourth-order valence-corrected chi connectivity index (χ4v) is 4.41. The van der Waals surface area contributed by atoms with Crippen LogP contribution < -0.4 is 5.32 Å². The predicted molar refractivity (Wildman–Crippen MR) is 80.3 cm³/mol. The summed E-state index contributed by atoms with van der Waals surface area (Å²) in [5.41, 5.74) is 0. The van der Waals surface area contributed by atoms with Gasteiger partial charge in [0.25, 0.3) is 0 Å². The van der Waals surface area contributed by atoms with Crippen molar-refractivity contribution in [2.24, 2.45) is 0 Å². The molecule has 0 saturated carbocycles. The summed E-state index contributed by atoms with van der Waals surface area (Å²) >= 11 is 0. The molecule has 0 heterocycles. The molecule has 0 spiro atoms. The zero-order chi connectivity index (χ0) is 13.9. The van der Waals surface area contributed by atoms with E-state index in [4.69, 9.17) is 8.85 Å². The Kier molecular flexibility index (Phi) is 11.0. The number of nitrogens with zero attached hydrogens (tertiary/aromatic N) is 1. The maximum Gasteiger partial charge on any atom is 0.334 e. The summed E-state index contributed by atoms with van der Waals surface area (Å²) in [4.78, 5) is 2.20. The van der Waals surface area contributed by atoms with E-state index in [9.17, 15) is 0 Å². The van der Waals surface area contributed by atoms with Crippen molar-refractivity contribution in [3.05, 3.63) is 0 Å². The molecular weight excluding hydrogens is 244 g/mol. The summed E-state index contributed by atoms with van der Waals surface area (Å²) in [6, 6.07) is 1.10. The van der Waals surface area contributed by atoms with Crippen molar-refractivity contribution in [3.8, 4) is 0 Å². The highest BCUT2D eigenvalue weighted by Gasteiger charge is 2.29. The third-order valence-electron chi connectivity index (χ3n) is 2.87. The van der Waals surface area contributed by atoms with E-state index in [-0.39, 0.29) is 0 Å². The number of unbranched alkanes of at least 4 members (excludes halogenated alkanes) is 1. The third kappa shape index (κ3) is 10.0. The zero-order valence-electron chi connectivity index (χ0n) is 12.9. The van der Waals surface area contributed by atoms with Crippen LogP contribution in [-0.2, 0) is 8.85 Å². The molecule has 0 saturated heterocycles. The van der Waals surface area contributed by atoms with Gasteiger partial charge >= 0.3 is 8.56 Å². The maximum absolute atomic E-state index is 5.82. The summed E-state index contributed by atoms with van der Waals surface area (Å²) in [7, 11) is 2.33. The van der Waals surface area contributed by atoms with Crippen LogP contribution in [-0.4, -0.2) is 60.4 Å². The van der Waals surface area contributed by atoms with Gasteiger partial charge in [-0.15, -0.1) is 0 Å². The standard InChI is InChI=1S/C13H32N2O2Si/c1-6-16-18(5,17-7-2)13-9-8-10-14-11-12-15(3)4/h14H,6-13H2,1-5H3. The second-order valence-corrected chi connectivity index (χ2v) is 8.36. The Hall–Kier alpha value is 0.0569. The van der Waals surface area contributed by atoms with Gasteiger partial charge in [-0.2, -0.15) is 0 Å². The normalized spacial score (nSPS) is 12.3. The van der Waals surface area contributed by atoms with Crippen molar-refractivity contribution < 1.29 is 8.85 Å². The highest BCUT2D eigenvalue weighted by atomic mass is 28.4. The van der Waals surface area contributed by atoms with Crippen molar-refractivity contribution in [2.75, 3.05) is 46.9 Å². The minimum absolute atomic E-state index is 0.768. The molecule has 0 bridgehead atoms. The Balaban J connectivity index is 3.55. The molecule has 0 aliphatic carbocycles. The highest BCUT2D eigenvalue weighted by Crippen LogP contribution is 2.16. The van der Waals surface area contributed by atoms with Gasteiger partial charge in [0.1, 0.15) is 0 Å². The van der Waals surface area contributed by atoms with Gasteiger partial charge in [-0.25, -0.2) is 0 Å². The summed E-state index contributed by atoms with van der Waals surface area (Å²) in [5.74, 6) is 0. The van der Waals surface area contributed by atoms with Crippen molar-refractivity contribution in [1.82, 2.24) is 10.2 Å². The molecule has 0 rings (SSSR count). The van der Waals surface area contributed by atoms with Crippen LogP contribution in [0.25, 0.3) is 0 Å². The van der Waals surface area contributed by atoms with Crippen LogP contribution in [0.2, 0.25) is 12.6 Å². The zero-order valence-corrected chi connectivity index (χ0v) is 13.9. The lowest BCUT2D eigenvalue weighted by Gasteiger charge is -2.25. The third-order valence-corrected chi connectivity index (χ3v) is 5.93. The summed E-state index contributed by atoms with van der Waals surface area (Å²) < 4.78 is 11.6. The van der Waals surface area contributed by atoms with E-state index < -0.39 is 8.56 Å². The van der Waals surface area contributed by atoms with Gasteiger partial charge in [-0.1, -0.05) is 6.42 Å². The minimum Gasteiger partial charge on any atom is -0.395 e. The SMILES string of the molecule is CCO[Si](C)(CCCCNCCN(C)C)OCC. The first-order valence-electron chi connectivity index (χ1n) is 7.17. The second kappa shape index (κ2) is 10.9. The van der Waals surface area contributed by atoms with E-state index in [0.29, 0.717) is 0 Å². The quantitative estimate of drug-likeness (QED) is 0.437. The first kappa shape index (κ1) is 18.1. The molecule has 0 aromatic carbocycles. The molecule has 0 amide bonds. The molecule has 18 heavy (non-hydrogen) atoms.